The molecule has 0 aromatic heterocycles. The third kappa shape index (κ3) is 3.10. The fourth-order valence-corrected chi connectivity index (χ4v) is 2.42. The maximum Gasteiger partial charge on any atom is 0.466 e. The molecule has 1 heterocycles. The summed E-state index contributed by atoms with van der Waals surface area (Å²) in [6.07, 6.45) is -0.339. The number of phenolic OH excluding ortho intramolecular Hbond substituents is 1. The van der Waals surface area contributed by atoms with Crippen molar-refractivity contribution in [2.45, 2.75) is 51.1 Å². The van der Waals surface area contributed by atoms with Gasteiger partial charge in [-0.15, -0.1) is 0 Å². The highest BCUT2D eigenvalue weighted by Crippen LogP contribution is 2.43. The molecule has 1 fully saturated rings. The number of aromatic hydroxyl groups is 1. The van der Waals surface area contributed by atoms with E-state index in [9.17, 15) is 14.3 Å². The molecule has 1 aliphatic heterocycles. The Balaban J connectivity index is 2.40. The number of carbonyl (C=O) groups is 1. The topological polar surface area (TPSA) is 76.0 Å². The Labute approximate surface area is 129 Å². The summed E-state index contributed by atoms with van der Waals surface area (Å²) < 4.78 is 25.2. The van der Waals surface area contributed by atoms with Gasteiger partial charge in [0.2, 0.25) is 0 Å². The molecule has 0 amide bonds. The summed E-state index contributed by atoms with van der Waals surface area (Å²) in [6, 6.07) is 3.43. The lowest BCUT2D eigenvalue weighted by Crippen LogP contribution is -2.41. The number of phenols is 1. The Morgan fingerprint density at radius 3 is 2.32 bits per heavy atom. The van der Waals surface area contributed by atoms with Crippen LogP contribution in [0.4, 0.5) is 4.39 Å². The Bertz CT molecular complexity index is 571. The smallest absolute Gasteiger partial charge is 0.466 e. The van der Waals surface area contributed by atoms with Crippen LogP contribution in [0.3, 0.4) is 0 Å². The van der Waals surface area contributed by atoms with Gasteiger partial charge in [-0.25, -0.2) is 4.39 Å². The van der Waals surface area contributed by atoms with E-state index in [-0.39, 0.29) is 17.7 Å². The first kappa shape index (κ1) is 16.8. The highest BCUT2D eigenvalue weighted by molar-refractivity contribution is 6.48. The van der Waals surface area contributed by atoms with E-state index in [1.54, 1.807) is 0 Å². The Kier molecular flexibility index (Phi) is 4.23. The molecule has 1 atom stereocenters. The van der Waals surface area contributed by atoms with Crippen LogP contribution in [-0.4, -0.2) is 34.5 Å². The van der Waals surface area contributed by atoms with Crippen molar-refractivity contribution in [1.82, 2.24) is 0 Å². The SMILES string of the molecule is CC1(C)OB(C(CC(=O)O)c2cc(F)ccc2O)OC1(C)C. The largest absolute Gasteiger partial charge is 0.508 e. The van der Waals surface area contributed by atoms with Gasteiger partial charge in [0.1, 0.15) is 11.6 Å². The van der Waals surface area contributed by atoms with Crippen LogP contribution in [0.5, 0.6) is 5.75 Å². The van der Waals surface area contributed by atoms with Crippen LogP contribution in [-0.2, 0) is 14.1 Å². The van der Waals surface area contributed by atoms with Crippen molar-refractivity contribution in [2.24, 2.45) is 0 Å². The fourth-order valence-electron chi connectivity index (χ4n) is 2.42. The van der Waals surface area contributed by atoms with E-state index in [4.69, 9.17) is 14.4 Å². The van der Waals surface area contributed by atoms with Gasteiger partial charge in [0, 0.05) is 5.82 Å². The van der Waals surface area contributed by atoms with E-state index in [1.165, 1.54) is 6.07 Å². The standard InChI is InChI=1S/C15H20BFO5/c1-14(2)15(3,4)22-16(21-14)11(8-13(19)20)10-7-9(17)5-6-12(10)18/h5-7,11,18H,8H2,1-4H3,(H,19,20). The zero-order chi connectivity index (χ0) is 16.7. The van der Waals surface area contributed by atoms with Crippen molar-refractivity contribution in [3.63, 3.8) is 0 Å². The molecule has 7 heteroatoms. The molecule has 5 nitrogen and oxygen atoms in total. The van der Waals surface area contributed by atoms with Crippen LogP contribution in [0.1, 0.15) is 45.5 Å². The van der Waals surface area contributed by atoms with Gasteiger partial charge in [-0.05, 0) is 51.5 Å². The van der Waals surface area contributed by atoms with Crippen LogP contribution in [0.2, 0.25) is 0 Å². The van der Waals surface area contributed by atoms with Crippen molar-refractivity contribution in [3.8, 4) is 5.75 Å². The van der Waals surface area contributed by atoms with Crippen LogP contribution in [0.15, 0.2) is 18.2 Å². The summed E-state index contributed by atoms with van der Waals surface area (Å²) in [6.45, 7) is 7.37. The van der Waals surface area contributed by atoms with Crippen molar-refractivity contribution in [2.75, 3.05) is 0 Å². The Morgan fingerprint density at radius 2 is 1.82 bits per heavy atom. The predicted molar refractivity (Wildman–Crippen MR) is 79.1 cm³/mol. The number of carboxylic acid groups (broad SMARTS) is 1. The second-order valence-electron chi connectivity index (χ2n) is 6.53. The lowest BCUT2D eigenvalue weighted by Gasteiger charge is -2.32. The number of hydrogen-bond donors (Lipinski definition) is 2. The summed E-state index contributed by atoms with van der Waals surface area (Å²) >= 11 is 0. The molecule has 2 N–H and O–H groups in total. The van der Waals surface area contributed by atoms with E-state index in [2.05, 4.69) is 0 Å². The molecule has 1 aliphatic rings. The first-order chi connectivity index (χ1) is 10.0. The van der Waals surface area contributed by atoms with E-state index >= 15 is 0 Å². The summed E-state index contributed by atoms with van der Waals surface area (Å²) in [5, 5.41) is 19.1. The lowest BCUT2D eigenvalue weighted by atomic mass is 9.66. The lowest BCUT2D eigenvalue weighted by molar-refractivity contribution is -0.137. The van der Waals surface area contributed by atoms with E-state index in [1.807, 2.05) is 27.7 Å². The normalized spacial score (nSPS) is 20.9. The quantitative estimate of drug-likeness (QED) is 0.836. The van der Waals surface area contributed by atoms with Crippen molar-refractivity contribution >= 4 is 13.1 Å². The number of benzene rings is 1. The highest BCUT2D eigenvalue weighted by atomic mass is 19.1. The number of hydrogen-bond acceptors (Lipinski definition) is 4. The highest BCUT2D eigenvalue weighted by Gasteiger charge is 2.54. The first-order valence-corrected chi connectivity index (χ1v) is 7.09. The molecule has 0 spiro atoms. The zero-order valence-electron chi connectivity index (χ0n) is 13.1. The predicted octanol–water partition coefficient (Wildman–Crippen LogP) is 2.72. The number of rotatable bonds is 4. The van der Waals surface area contributed by atoms with Crippen molar-refractivity contribution < 1.29 is 28.7 Å². The van der Waals surface area contributed by atoms with Gasteiger partial charge in [-0.1, -0.05) is 0 Å². The number of carboxylic acids is 1. The molecule has 0 radical (unpaired) electrons. The van der Waals surface area contributed by atoms with Gasteiger partial charge in [0.15, 0.2) is 0 Å². The van der Waals surface area contributed by atoms with Gasteiger partial charge in [0.05, 0.1) is 17.6 Å². The molecule has 1 aromatic carbocycles. The molecule has 1 aromatic rings. The summed E-state index contributed by atoms with van der Waals surface area (Å²) in [7, 11) is -0.881. The molecule has 0 bridgehead atoms. The van der Waals surface area contributed by atoms with E-state index < -0.39 is 35.9 Å². The molecular formula is C15H20BFO5. The molecule has 1 unspecified atom stereocenters. The van der Waals surface area contributed by atoms with Crippen LogP contribution in [0.25, 0.3) is 0 Å². The molecular weight excluding hydrogens is 290 g/mol. The third-order valence-electron chi connectivity index (χ3n) is 4.38. The molecule has 1 saturated heterocycles. The molecule has 0 aliphatic carbocycles. The van der Waals surface area contributed by atoms with Gasteiger partial charge in [-0.2, -0.15) is 0 Å². The Morgan fingerprint density at radius 1 is 1.27 bits per heavy atom. The maximum atomic E-state index is 13.5. The first-order valence-electron chi connectivity index (χ1n) is 7.09. The minimum atomic E-state index is -1.08. The average Bonchev–Trinajstić information content (AvgIpc) is 2.58. The van der Waals surface area contributed by atoms with Gasteiger partial charge in [0.25, 0.3) is 0 Å². The third-order valence-corrected chi connectivity index (χ3v) is 4.38. The second kappa shape index (κ2) is 5.55. The second-order valence-corrected chi connectivity index (χ2v) is 6.53. The van der Waals surface area contributed by atoms with Crippen LogP contribution < -0.4 is 0 Å². The number of aliphatic carboxylic acids is 1. The molecule has 0 saturated carbocycles. The summed E-state index contributed by atoms with van der Waals surface area (Å²) in [5.74, 6) is -2.63. The summed E-state index contributed by atoms with van der Waals surface area (Å²) in [4.78, 5) is 11.2. The van der Waals surface area contributed by atoms with Crippen LogP contribution in [0, 0.1) is 5.82 Å². The maximum absolute atomic E-state index is 13.5. The molecule has 2 rings (SSSR count). The zero-order valence-corrected chi connectivity index (χ0v) is 13.1. The van der Waals surface area contributed by atoms with E-state index in [0.717, 1.165) is 12.1 Å². The minimum absolute atomic E-state index is 0.168. The van der Waals surface area contributed by atoms with Gasteiger partial charge >= 0.3 is 13.1 Å². The monoisotopic (exact) mass is 310 g/mol. The van der Waals surface area contributed by atoms with Gasteiger partial charge < -0.3 is 19.5 Å². The van der Waals surface area contributed by atoms with Crippen LogP contribution >= 0.6 is 0 Å². The summed E-state index contributed by atoms with van der Waals surface area (Å²) in [5.41, 5.74) is -1.12. The number of halogens is 1. The average molecular weight is 310 g/mol. The molecule has 120 valence electrons. The molecule has 22 heavy (non-hydrogen) atoms. The minimum Gasteiger partial charge on any atom is -0.508 e. The van der Waals surface area contributed by atoms with Gasteiger partial charge in [-0.3, -0.25) is 4.79 Å². The fraction of sp³-hybridized carbons (Fsp3) is 0.533. The van der Waals surface area contributed by atoms with Crippen molar-refractivity contribution in [1.29, 1.82) is 0 Å². The van der Waals surface area contributed by atoms with Crippen molar-refractivity contribution in [3.05, 3.63) is 29.6 Å². The Hall–Kier alpha value is -1.60. The van der Waals surface area contributed by atoms with E-state index in [0.29, 0.717) is 0 Å².